The van der Waals surface area contributed by atoms with Crippen LogP contribution >= 0.6 is 11.3 Å². The minimum absolute atomic E-state index is 0.162. The predicted molar refractivity (Wildman–Crippen MR) is 58.4 cm³/mol. The third kappa shape index (κ3) is 1.27. The molecule has 2 atom stereocenters. The van der Waals surface area contributed by atoms with Gasteiger partial charge in [0.05, 0.1) is 11.8 Å². The fourth-order valence-electron chi connectivity index (χ4n) is 2.21. The molecule has 1 fully saturated rings. The topological polar surface area (TPSA) is 69.6 Å². The molecule has 2 N–H and O–H groups in total. The number of nitrogens with zero attached hydrogens (tertiary/aromatic N) is 1. The summed E-state index contributed by atoms with van der Waals surface area (Å²) in [5.41, 5.74) is 0.587. The number of carbonyl (C=O) groups is 2. The summed E-state index contributed by atoms with van der Waals surface area (Å²) in [4.78, 5) is 25.9. The molecular weight excluding hydrogens is 228 g/mol. The molecule has 16 heavy (non-hydrogen) atoms. The van der Waals surface area contributed by atoms with Crippen LogP contribution in [-0.2, 0) is 4.79 Å². The van der Waals surface area contributed by atoms with Crippen LogP contribution in [0.1, 0.15) is 16.1 Å². The van der Waals surface area contributed by atoms with Gasteiger partial charge in [0, 0.05) is 13.0 Å². The average molecular weight is 238 g/mol. The summed E-state index contributed by atoms with van der Waals surface area (Å²) in [6.07, 6.45) is -0.270. The van der Waals surface area contributed by atoms with Crippen molar-refractivity contribution in [3.8, 4) is 0 Å². The van der Waals surface area contributed by atoms with Crippen molar-refractivity contribution in [1.29, 1.82) is 0 Å². The number of hydrogen-bond donors (Lipinski definition) is 2. The van der Waals surface area contributed by atoms with Crippen LogP contribution in [0.3, 0.4) is 0 Å². The summed E-state index contributed by atoms with van der Waals surface area (Å²) >= 11 is 1.31. The fourth-order valence-corrected chi connectivity index (χ4v) is 3.01. The van der Waals surface area contributed by atoms with Crippen molar-refractivity contribution in [2.45, 2.75) is 18.6 Å². The lowest BCUT2D eigenvalue weighted by Gasteiger charge is -2.19. The van der Waals surface area contributed by atoms with E-state index in [0.717, 1.165) is 0 Å². The first kappa shape index (κ1) is 9.80. The van der Waals surface area contributed by atoms with Crippen LogP contribution in [-0.4, -0.2) is 40.5 Å². The molecule has 1 unspecified atom stereocenters. The molecule has 1 saturated heterocycles. The molecule has 0 aliphatic carbocycles. The lowest BCUT2D eigenvalue weighted by molar-refractivity contribution is -0.119. The molecule has 0 bridgehead atoms. The quantitative estimate of drug-likeness (QED) is 0.682. The van der Waals surface area contributed by atoms with E-state index in [0.29, 0.717) is 17.0 Å². The van der Waals surface area contributed by atoms with E-state index in [2.05, 4.69) is 5.32 Å². The van der Waals surface area contributed by atoms with Gasteiger partial charge in [-0.2, -0.15) is 0 Å². The molecule has 3 rings (SSSR count). The number of fused-ring (bicyclic) bond motifs is 2. The fraction of sp³-hybridized carbons (Fsp3) is 0.400. The summed E-state index contributed by atoms with van der Waals surface area (Å²) < 4.78 is 0. The van der Waals surface area contributed by atoms with Gasteiger partial charge in [-0.25, -0.2) is 0 Å². The van der Waals surface area contributed by atoms with Crippen LogP contribution < -0.4 is 5.32 Å². The van der Waals surface area contributed by atoms with Gasteiger partial charge >= 0.3 is 0 Å². The van der Waals surface area contributed by atoms with E-state index < -0.39 is 12.1 Å². The Kier molecular flexibility index (Phi) is 2.02. The number of thiophene rings is 1. The first-order valence-electron chi connectivity index (χ1n) is 5.04. The van der Waals surface area contributed by atoms with Crippen molar-refractivity contribution < 1.29 is 14.7 Å². The van der Waals surface area contributed by atoms with E-state index in [-0.39, 0.29) is 18.4 Å². The zero-order valence-electron chi connectivity index (χ0n) is 8.34. The molecule has 0 radical (unpaired) electrons. The molecule has 1 aromatic heterocycles. The van der Waals surface area contributed by atoms with Crippen molar-refractivity contribution in [2.75, 3.05) is 11.9 Å². The highest BCUT2D eigenvalue weighted by Gasteiger charge is 2.42. The average Bonchev–Trinajstić information content (AvgIpc) is 2.81. The monoisotopic (exact) mass is 238 g/mol. The molecule has 2 aliphatic rings. The maximum Gasteiger partial charge on any atom is 0.266 e. The lowest BCUT2D eigenvalue weighted by atomic mass is 10.2. The van der Waals surface area contributed by atoms with Crippen molar-refractivity contribution in [3.63, 3.8) is 0 Å². The predicted octanol–water partition coefficient (Wildman–Crippen LogP) is 0.276. The third-order valence-electron chi connectivity index (χ3n) is 2.96. The van der Waals surface area contributed by atoms with Gasteiger partial charge in [0.25, 0.3) is 5.91 Å². The summed E-state index contributed by atoms with van der Waals surface area (Å²) in [5.74, 6) is -0.369. The van der Waals surface area contributed by atoms with E-state index in [1.807, 2.05) is 0 Å². The molecule has 3 heterocycles. The Labute approximate surface area is 95.7 Å². The van der Waals surface area contributed by atoms with E-state index >= 15 is 0 Å². The standard InChI is InChI=1S/C10H10N2O3S/c13-5-3-7-9(14)11-6-1-2-16-8(6)10(15)12(7)4-5/h1-2,5,7,13H,3-4H2,(H,11,14)/t5-,7?/m1/s1. The van der Waals surface area contributed by atoms with Crippen LogP contribution in [0.5, 0.6) is 0 Å². The largest absolute Gasteiger partial charge is 0.391 e. The van der Waals surface area contributed by atoms with Gasteiger partial charge in [0.15, 0.2) is 0 Å². The number of aliphatic hydroxyl groups excluding tert-OH is 1. The van der Waals surface area contributed by atoms with Gasteiger partial charge in [-0.3, -0.25) is 9.59 Å². The molecular formula is C10H10N2O3S. The Morgan fingerprint density at radius 1 is 1.50 bits per heavy atom. The molecule has 6 heteroatoms. The van der Waals surface area contributed by atoms with E-state index in [4.69, 9.17) is 0 Å². The van der Waals surface area contributed by atoms with Gasteiger partial charge in [-0.1, -0.05) is 0 Å². The van der Waals surface area contributed by atoms with E-state index in [9.17, 15) is 14.7 Å². The number of carbonyl (C=O) groups excluding carboxylic acids is 2. The van der Waals surface area contributed by atoms with Gasteiger partial charge in [-0.15, -0.1) is 11.3 Å². The lowest BCUT2D eigenvalue weighted by Crippen LogP contribution is -2.40. The number of anilines is 1. The zero-order chi connectivity index (χ0) is 11.3. The smallest absolute Gasteiger partial charge is 0.266 e. The second-order valence-electron chi connectivity index (χ2n) is 4.02. The van der Waals surface area contributed by atoms with Crippen LogP contribution in [0.15, 0.2) is 11.4 Å². The molecule has 0 saturated carbocycles. The molecule has 84 valence electrons. The van der Waals surface area contributed by atoms with Crippen molar-refractivity contribution in [2.24, 2.45) is 0 Å². The van der Waals surface area contributed by atoms with Crippen molar-refractivity contribution in [3.05, 3.63) is 16.3 Å². The maximum absolute atomic E-state index is 12.1. The Balaban J connectivity index is 2.06. The van der Waals surface area contributed by atoms with Gasteiger partial charge in [0.2, 0.25) is 5.91 Å². The highest BCUT2D eigenvalue weighted by atomic mass is 32.1. The van der Waals surface area contributed by atoms with Crippen LogP contribution in [0.25, 0.3) is 0 Å². The Hall–Kier alpha value is -1.40. The second kappa shape index (κ2) is 3.29. The number of aliphatic hydroxyl groups is 1. The van der Waals surface area contributed by atoms with Gasteiger partial charge < -0.3 is 15.3 Å². The van der Waals surface area contributed by atoms with Crippen LogP contribution in [0, 0.1) is 0 Å². The molecule has 0 spiro atoms. The highest BCUT2D eigenvalue weighted by Crippen LogP contribution is 2.31. The Morgan fingerprint density at radius 2 is 2.31 bits per heavy atom. The molecule has 2 aliphatic heterocycles. The van der Waals surface area contributed by atoms with Crippen LogP contribution in [0.2, 0.25) is 0 Å². The number of amides is 2. The van der Waals surface area contributed by atoms with E-state index in [1.54, 1.807) is 11.4 Å². The number of hydrogen-bond acceptors (Lipinski definition) is 4. The highest BCUT2D eigenvalue weighted by molar-refractivity contribution is 7.12. The number of nitrogens with one attached hydrogen (secondary N) is 1. The van der Waals surface area contributed by atoms with Gasteiger partial charge in [-0.05, 0) is 11.4 Å². The van der Waals surface area contributed by atoms with Crippen LogP contribution in [0.4, 0.5) is 5.69 Å². The van der Waals surface area contributed by atoms with Crippen molar-refractivity contribution >= 4 is 28.8 Å². The minimum Gasteiger partial charge on any atom is -0.391 e. The SMILES string of the molecule is O=C1Nc2ccsc2C(=O)N2C[C@H](O)CC12. The van der Waals surface area contributed by atoms with Crippen molar-refractivity contribution in [1.82, 2.24) is 4.90 Å². The third-order valence-corrected chi connectivity index (χ3v) is 3.86. The first-order valence-corrected chi connectivity index (χ1v) is 5.92. The molecule has 1 aromatic rings. The summed E-state index contributed by atoms with van der Waals surface area (Å²) in [6, 6.07) is 1.20. The Morgan fingerprint density at radius 3 is 3.12 bits per heavy atom. The minimum atomic E-state index is -0.596. The molecule has 2 amide bonds. The first-order chi connectivity index (χ1) is 7.66. The summed E-state index contributed by atoms with van der Waals surface area (Å²) in [6.45, 7) is 0.244. The molecule has 0 aromatic carbocycles. The Bertz CT molecular complexity index is 470. The second-order valence-corrected chi connectivity index (χ2v) is 4.93. The number of rotatable bonds is 0. The summed E-state index contributed by atoms with van der Waals surface area (Å²) in [7, 11) is 0. The maximum atomic E-state index is 12.1. The molecule has 5 nitrogen and oxygen atoms in total. The normalized spacial score (nSPS) is 28.4. The van der Waals surface area contributed by atoms with Gasteiger partial charge in [0.1, 0.15) is 10.9 Å². The van der Waals surface area contributed by atoms with E-state index in [1.165, 1.54) is 16.2 Å². The summed E-state index contributed by atoms with van der Waals surface area (Å²) in [5, 5.41) is 14.0. The zero-order valence-corrected chi connectivity index (χ0v) is 9.16.